The van der Waals surface area contributed by atoms with Crippen molar-refractivity contribution in [2.24, 2.45) is 0 Å². The second kappa shape index (κ2) is 15.7. The minimum Gasteiger partial charge on any atom is -0.493 e. The van der Waals surface area contributed by atoms with Crippen LogP contribution in [0.25, 0.3) is 12.2 Å². The first kappa shape index (κ1) is 31.4. The lowest BCUT2D eigenvalue weighted by molar-refractivity contribution is 0.322. The van der Waals surface area contributed by atoms with Gasteiger partial charge in [0.25, 0.3) is 0 Å². The molecule has 0 saturated carbocycles. The Hall–Kier alpha value is -4.49. The van der Waals surface area contributed by atoms with Crippen molar-refractivity contribution in [2.45, 2.75) is 10.5 Å². The maximum atomic E-state index is 5.94. The number of thioether (sulfide) groups is 1. The van der Waals surface area contributed by atoms with E-state index in [-0.39, 0.29) is 10.5 Å². The first-order chi connectivity index (χ1) is 21.1. The second-order valence-corrected chi connectivity index (χ2v) is 10.7. The maximum Gasteiger partial charge on any atom is 0.203 e. The Morgan fingerprint density at radius 1 is 0.442 bits per heavy atom. The molecule has 6 nitrogen and oxygen atoms in total. The molecule has 0 saturated heterocycles. The fraction of sp³-hybridized carbons (Fsp3) is 0.222. The molecule has 0 N–H and O–H groups in total. The van der Waals surface area contributed by atoms with Crippen LogP contribution in [0.1, 0.15) is 32.8 Å². The highest BCUT2D eigenvalue weighted by Gasteiger charge is 2.27. The number of methoxy groups -OCH3 is 6. The molecule has 2 atom stereocenters. The summed E-state index contributed by atoms with van der Waals surface area (Å²) in [4.78, 5) is 0. The Labute approximate surface area is 258 Å². The van der Waals surface area contributed by atoms with Crippen molar-refractivity contribution in [1.29, 1.82) is 0 Å². The first-order valence-corrected chi connectivity index (χ1v) is 14.7. The van der Waals surface area contributed by atoms with E-state index < -0.39 is 0 Å². The van der Waals surface area contributed by atoms with Crippen LogP contribution in [0.4, 0.5) is 0 Å². The summed E-state index contributed by atoms with van der Waals surface area (Å²) in [6, 6.07) is 28.3. The van der Waals surface area contributed by atoms with Gasteiger partial charge in [-0.3, -0.25) is 0 Å². The maximum absolute atomic E-state index is 5.94. The van der Waals surface area contributed by atoms with E-state index in [2.05, 4.69) is 48.6 Å². The molecule has 0 spiro atoms. The van der Waals surface area contributed by atoms with Gasteiger partial charge in [-0.25, -0.2) is 0 Å². The number of hydrogen-bond acceptors (Lipinski definition) is 7. The summed E-state index contributed by atoms with van der Waals surface area (Å²) in [5.74, 6) is 3.51. The van der Waals surface area contributed by atoms with Gasteiger partial charge in [0.2, 0.25) is 11.5 Å². The number of benzene rings is 4. The SMILES string of the molecule is COc1ccc(C(C=Cc2ccccc2)SC(C=Cc2ccccc2)c2ccc(OC)c(OC)c2OC)c(OC)c1OC. The molecule has 4 rings (SSSR count). The van der Waals surface area contributed by atoms with E-state index in [0.717, 1.165) is 22.3 Å². The van der Waals surface area contributed by atoms with Crippen molar-refractivity contribution in [3.05, 3.63) is 119 Å². The zero-order valence-corrected chi connectivity index (χ0v) is 26.2. The molecule has 7 heteroatoms. The Bertz CT molecular complexity index is 1400. The molecule has 0 aliphatic heterocycles. The zero-order valence-electron chi connectivity index (χ0n) is 25.4. The summed E-state index contributed by atoms with van der Waals surface area (Å²) in [6.07, 6.45) is 8.61. The van der Waals surface area contributed by atoms with Crippen LogP contribution in [0.15, 0.2) is 97.1 Å². The topological polar surface area (TPSA) is 55.4 Å². The van der Waals surface area contributed by atoms with E-state index >= 15 is 0 Å². The molecule has 0 aliphatic carbocycles. The van der Waals surface area contributed by atoms with Gasteiger partial charge in [-0.1, -0.05) is 85.0 Å². The predicted octanol–water partition coefficient (Wildman–Crippen LogP) is 8.68. The lowest BCUT2D eigenvalue weighted by Crippen LogP contribution is -2.05. The van der Waals surface area contributed by atoms with Gasteiger partial charge in [-0.15, -0.1) is 11.8 Å². The standard InChI is InChI=1S/C36H38O6S/c1-37-29-21-19-27(33(39-3)35(29)41-5)31(23-17-25-13-9-7-10-14-25)43-32(24-18-26-15-11-8-12-16-26)28-20-22-30(38-2)36(42-6)34(28)40-4/h7-24,31-32H,1-6H3. The Morgan fingerprint density at radius 2 is 0.814 bits per heavy atom. The van der Waals surface area contributed by atoms with E-state index in [4.69, 9.17) is 28.4 Å². The van der Waals surface area contributed by atoms with Crippen LogP contribution in [0.5, 0.6) is 34.5 Å². The van der Waals surface area contributed by atoms with E-state index in [9.17, 15) is 0 Å². The third kappa shape index (κ3) is 7.48. The van der Waals surface area contributed by atoms with Crippen molar-refractivity contribution in [3.8, 4) is 34.5 Å². The van der Waals surface area contributed by atoms with Gasteiger partial charge in [-0.05, 0) is 35.4 Å². The third-order valence-electron chi connectivity index (χ3n) is 6.90. The summed E-state index contributed by atoms with van der Waals surface area (Å²) in [5.41, 5.74) is 4.06. The fourth-order valence-electron chi connectivity index (χ4n) is 4.82. The quantitative estimate of drug-likeness (QED) is 0.144. The molecule has 0 fully saturated rings. The molecule has 0 amide bonds. The van der Waals surface area contributed by atoms with E-state index in [0.29, 0.717) is 34.5 Å². The van der Waals surface area contributed by atoms with Gasteiger partial charge in [0.1, 0.15) is 0 Å². The Kier molecular flexibility index (Phi) is 11.5. The smallest absolute Gasteiger partial charge is 0.203 e. The molecule has 0 aliphatic rings. The summed E-state index contributed by atoms with van der Waals surface area (Å²) < 4.78 is 34.5. The summed E-state index contributed by atoms with van der Waals surface area (Å²) in [7, 11) is 9.76. The highest BCUT2D eigenvalue weighted by atomic mass is 32.2. The Balaban J connectivity index is 1.90. The average Bonchev–Trinajstić information content (AvgIpc) is 3.07. The molecule has 0 radical (unpaired) electrons. The molecule has 2 unspecified atom stereocenters. The number of hydrogen-bond donors (Lipinski definition) is 0. The van der Waals surface area contributed by atoms with Crippen LogP contribution in [0, 0.1) is 0 Å². The van der Waals surface area contributed by atoms with Crippen molar-refractivity contribution in [3.63, 3.8) is 0 Å². The van der Waals surface area contributed by atoms with Crippen LogP contribution >= 0.6 is 11.8 Å². The van der Waals surface area contributed by atoms with Crippen LogP contribution in [-0.2, 0) is 0 Å². The minimum atomic E-state index is -0.168. The second-order valence-electron chi connectivity index (χ2n) is 9.36. The molecule has 224 valence electrons. The molecular formula is C36H38O6S. The van der Waals surface area contributed by atoms with Crippen molar-refractivity contribution >= 4 is 23.9 Å². The molecule has 0 aromatic heterocycles. The highest BCUT2D eigenvalue weighted by molar-refractivity contribution is 8.00. The lowest BCUT2D eigenvalue weighted by atomic mass is 10.1. The van der Waals surface area contributed by atoms with Crippen molar-refractivity contribution in [2.75, 3.05) is 42.7 Å². The lowest BCUT2D eigenvalue weighted by Gasteiger charge is -2.25. The van der Waals surface area contributed by atoms with Gasteiger partial charge in [0.05, 0.1) is 53.2 Å². The van der Waals surface area contributed by atoms with Crippen LogP contribution in [0.2, 0.25) is 0 Å². The number of ether oxygens (including phenoxy) is 6. The minimum absolute atomic E-state index is 0.168. The normalized spacial score (nSPS) is 12.6. The molecule has 0 heterocycles. The largest absolute Gasteiger partial charge is 0.493 e. The van der Waals surface area contributed by atoms with E-state index in [1.807, 2.05) is 60.7 Å². The summed E-state index contributed by atoms with van der Waals surface area (Å²) in [5, 5.41) is -0.337. The molecule has 4 aromatic rings. The average molecular weight is 599 g/mol. The van der Waals surface area contributed by atoms with Gasteiger partial charge in [0.15, 0.2) is 23.0 Å². The van der Waals surface area contributed by atoms with Crippen LogP contribution in [-0.4, -0.2) is 42.7 Å². The monoisotopic (exact) mass is 598 g/mol. The summed E-state index contributed by atoms with van der Waals surface area (Å²) >= 11 is 1.73. The van der Waals surface area contributed by atoms with Gasteiger partial charge in [0, 0.05) is 11.1 Å². The van der Waals surface area contributed by atoms with Crippen LogP contribution in [0.3, 0.4) is 0 Å². The Morgan fingerprint density at radius 3 is 1.14 bits per heavy atom. The first-order valence-electron chi connectivity index (χ1n) is 13.8. The summed E-state index contributed by atoms with van der Waals surface area (Å²) in [6.45, 7) is 0. The number of rotatable bonds is 14. The fourth-order valence-corrected chi connectivity index (χ4v) is 6.14. The van der Waals surface area contributed by atoms with Gasteiger partial charge < -0.3 is 28.4 Å². The van der Waals surface area contributed by atoms with Crippen molar-refractivity contribution in [1.82, 2.24) is 0 Å². The molecule has 0 bridgehead atoms. The predicted molar refractivity (Wildman–Crippen MR) is 176 cm³/mol. The third-order valence-corrected chi connectivity index (χ3v) is 8.31. The van der Waals surface area contributed by atoms with Crippen LogP contribution < -0.4 is 28.4 Å². The van der Waals surface area contributed by atoms with E-state index in [1.54, 1.807) is 54.4 Å². The zero-order chi connectivity index (χ0) is 30.6. The van der Waals surface area contributed by atoms with Gasteiger partial charge in [-0.2, -0.15) is 0 Å². The van der Waals surface area contributed by atoms with Gasteiger partial charge >= 0.3 is 0 Å². The van der Waals surface area contributed by atoms with Crippen molar-refractivity contribution < 1.29 is 28.4 Å². The highest BCUT2D eigenvalue weighted by Crippen LogP contribution is 2.53. The van der Waals surface area contributed by atoms with E-state index in [1.165, 1.54) is 0 Å². The molecule has 4 aromatic carbocycles. The molecule has 43 heavy (non-hydrogen) atoms. The molecular weight excluding hydrogens is 560 g/mol.